The minimum absolute atomic E-state index is 0.00110. The van der Waals surface area contributed by atoms with Crippen molar-refractivity contribution in [1.82, 2.24) is 24.6 Å². The van der Waals surface area contributed by atoms with E-state index in [1.54, 1.807) is 4.68 Å². The number of nitrogens with zero attached hydrogens (tertiary/aromatic N) is 5. The molecule has 8 heteroatoms. The highest BCUT2D eigenvalue weighted by molar-refractivity contribution is 5.93. The first-order chi connectivity index (χ1) is 15.0. The molecular formula is C23H27FN6O. The molecule has 1 saturated heterocycles. The molecule has 2 aromatic heterocycles. The number of carbonyl (C=O) groups excluding carboxylic acids is 1. The molecule has 1 aliphatic heterocycles. The zero-order chi connectivity index (χ0) is 21.4. The molecule has 31 heavy (non-hydrogen) atoms. The van der Waals surface area contributed by atoms with E-state index in [2.05, 4.69) is 20.4 Å². The van der Waals surface area contributed by atoms with Gasteiger partial charge < -0.3 is 0 Å². The summed E-state index contributed by atoms with van der Waals surface area (Å²) in [6.07, 6.45) is 8.23. The van der Waals surface area contributed by atoms with Crippen LogP contribution in [0.4, 0.5) is 10.3 Å². The summed E-state index contributed by atoms with van der Waals surface area (Å²) in [5.41, 5.74) is 3.58. The summed E-state index contributed by atoms with van der Waals surface area (Å²) in [7, 11) is 1.88. The van der Waals surface area contributed by atoms with Crippen molar-refractivity contribution < 1.29 is 9.18 Å². The first-order valence-electron chi connectivity index (χ1n) is 11.0. The van der Waals surface area contributed by atoms with Gasteiger partial charge in [-0.2, -0.15) is 5.10 Å². The number of benzene rings is 1. The monoisotopic (exact) mass is 422 g/mol. The molecule has 162 valence electrons. The Hall–Kier alpha value is -2.87. The number of halogens is 1. The molecule has 1 saturated carbocycles. The molecule has 7 nitrogen and oxygen atoms in total. The predicted molar refractivity (Wildman–Crippen MR) is 117 cm³/mol. The molecule has 1 aromatic carbocycles. The van der Waals surface area contributed by atoms with Crippen LogP contribution in [0.1, 0.15) is 37.8 Å². The van der Waals surface area contributed by atoms with Crippen LogP contribution >= 0.6 is 0 Å². The lowest BCUT2D eigenvalue weighted by molar-refractivity contribution is -0.120. The summed E-state index contributed by atoms with van der Waals surface area (Å²) in [6.45, 7) is 1.38. The van der Waals surface area contributed by atoms with Gasteiger partial charge >= 0.3 is 0 Å². The molecular weight excluding hydrogens is 395 g/mol. The maximum atomic E-state index is 13.3. The zero-order valence-electron chi connectivity index (χ0n) is 17.7. The molecule has 1 aliphatic carbocycles. The third kappa shape index (κ3) is 4.30. The van der Waals surface area contributed by atoms with Gasteiger partial charge in [0, 0.05) is 49.7 Å². The fraction of sp³-hybridized carbons (Fsp3) is 0.478. The number of aryl methyl sites for hydroxylation is 1. The van der Waals surface area contributed by atoms with Crippen LogP contribution in [0.5, 0.6) is 0 Å². The van der Waals surface area contributed by atoms with Gasteiger partial charge in [0.25, 0.3) is 0 Å². The molecule has 5 rings (SSSR count). The predicted octanol–water partition coefficient (Wildman–Crippen LogP) is 3.70. The van der Waals surface area contributed by atoms with E-state index >= 15 is 0 Å². The fourth-order valence-corrected chi connectivity index (χ4v) is 4.55. The number of hydrogen-bond donors (Lipinski definition) is 1. The number of amides is 1. The zero-order valence-corrected chi connectivity index (χ0v) is 17.7. The fourth-order valence-electron chi connectivity index (χ4n) is 4.55. The molecule has 0 spiro atoms. The number of likely N-dealkylation sites (tertiary alicyclic amines) is 1. The quantitative estimate of drug-likeness (QED) is 0.679. The standard InChI is InChI=1S/C23H27FN6O/c1-29-11-17(10-25-29)16-7-8-19-20(9-16)26-23(27-21(19)14-30-12-18(24)13-30)28-22(31)15-5-3-2-4-6-15/h7-11,15,18H,2-6,12-14H2,1H3,(H,26,27,28,31). The topological polar surface area (TPSA) is 75.9 Å². The lowest BCUT2D eigenvalue weighted by Gasteiger charge is -2.34. The lowest BCUT2D eigenvalue weighted by Crippen LogP contribution is -2.47. The molecule has 1 N–H and O–H groups in total. The summed E-state index contributed by atoms with van der Waals surface area (Å²) >= 11 is 0. The Labute approximate surface area is 180 Å². The molecule has 0 radical (unpaired) electrons. The summed E-state index contributed by atoms with van der Waals surface area (Å²) in [4.78, 5) is 24.1. The number of fused-ring (bicyclic) bond motifs is 1. The third-order valence-corrected chi connectivity index (χ3v) is 6.31. The summed E-state index contributed by atoms with van der Waals surface area (Å²) in [6, 6.07) is 6.04. The maximum Gasteiger partial charge on any atom is 0.230 e. The molecule has 1 amide bonds. The Kier molecular flexibility index (Phi) is 5.40. The van der Waals surface area contributed by atoms with E-state index in [4.69, 9.17) is 0 Å². The van der Waals surface area contributed by atoms with Crippen LogP contribution in [0.2, 0.25) is 0 Å². The number of rotatable bonds is 5. The second kappa shape index (κ2) is 8.34. The average Bonchev–Trinajstić information content (AvgIpc) is 3.19. The van der Waals surface area contributed by atoms with Gasteiger partial charge in [0.2, 0.25) is 11.9 Å². The maximum absolute atomic E-state index is 13.3. The lowest BCUT2D eigenvalue weighted by atomic mass is 9.89. The van der Waals surface area contributed by atoms with Crippen molar-refractivity contribution in [3.8, 4) is 11.1 Å². The second-order valence-electron chi connectivity index (χ2n) is 8.74. The van der Waals surface area contributed by atoms with E-state index < -0.39 is 6.17 Å². The van der Waals surface area contributed by atoms with E-state index in [1.165, 1.54) is 6.42 Å². The van der Waals surface area contributed by atoms with Crippen molar-refractivity contribution in [2.24, 2.45) is 13.0 Å². The minimum Gasteiger partial charge on any atom is -0.294 e. The van der Waals surface area contributed by atoms with Crippen molar-refractivity contribution in [2.45, 2.75) is 44.8 Å². The van der Waals surface area contributed by atoms with Gasteiger partial charge in [-0.15, -0.1) is 0 Å². The highest BCUT2D eigenvalue weighted by Gasteiger charge is 2.27. The van der Waals surface area contributed by atoms with Crippen molar-refractivity contribution >= 4 is 22.8 Å². The normalized spacial score (nSPS) is 18.3. The van der Waals surface area contributed by atoms with Gasteiger partial charge in [-0.05, 0) is 24.5 Å². The molecule has 0 atom stereocenters. The second-order valence-corrected chi connectivity index (χ2v) is 8.74. The highest BCUT2D eigenvalue weighted by atomic mass is 19.1. The Balaban J connectivity index is 1.48. The van der Waals surface area contributed by atoms with Gasteiger partial charge in [-0.25, -0.2) is 14.4 Å². The molecule has 0 bridgehead atoms. The third-order valence-electron chi connectivity index (χ3n) is 6.31. The van der Waals surface area contributed by atoms with Crippen molar-refractivity contribution in [3.63, 3.8) is 0 Å². The number of hydrogen-bond acceptors (Lipinski definition) is 5. The Bertz CT molecular complexity index is 1100. The molecule has 3 heterocycles. The van der Waals surface area contributed by atoms with Gasteiger partial charge in [0.15, 0.2) is 0 Å². The van der Waals surface area contributed by atoms with Crippen molar-refractivity contribution in [3.05, 3.63) is 36.3 Å². The van der Waals surface area contributed by atoms with Crippen LogP contribution in [0, 0.1) is 5.92 Å². The van der Waals surface area contributed by atoms with Crippen LogP contribution < -0.4 is 5.32 Å². The number of nitrogens with one attached hydrogen (secondary N) is 1. The highest BCUT2D eigenvalue weighted by Crippen LogP contribution is 2.28. The number of alkyl halides is 1. The first kappa shape index (κ1) is 20.1. The van der Waals surface area contributed by atoms with Crippen molar-refractivity contribution in [2.75, 3.05) is 18.4 Å². The van der Waals surface area contributed by atoms with E-state index in [0.717, 1.165) is 53.4 Å². The van der Waals surface area contributed by atoms with Crippen molar-refractivity contribution in [1.29, 1.82) is 0 Å². The summed E-state index contributed by atoms with van der Waals surface area (Å²) in [5, 5.41) is 8.13. The number of carbonyl (C=O) groups is 1. The van der Waals surface area contributed by atoms with Gasteiger partial charge in [0.05, 0.1) is 17.4 Å². The van der Waals surface area contributed by atoms with Crippen LogP contribution in [0.3, 0.4) is 0 Å². The minimum atomic E-state index is -0.768. The smallest absolute Gasteiger partial charge is 0.230 e. The van der Waals surface area contributed by atoms with Crippen LogP contribution in [-0.4, -0.2) is 49.8 Å². The molecule has 2 aliphatic rings. The van der Waals surface area contributed by atoms with Crippen LogP contribution in [-0.2, 0) is 18.4 Å². The number of aromatic nitrogens is 4. The largest absolute Gasteiger partial charge is 0.294 e. The first-order valence-corrected chi connectivity index (χ1v) is 11.0. The van der Waals surface area contributed by atoms with Crippen LogP contribution in [0.25, 0.3) is 22.0 Å². The SMILES string of the molecule is Cn1cc(-c2ccc3c(CN4CC(F)C4)nc(NC(=O)C4CCCCC4)nc3c2)cn1. The van der Waals surface area contributed by atoms with Gasteiger partial charge in [-0.3, -0.25) is 19.7 Å². The van der Waals surface area contributed by atoms with E-state index in [-0.39, 0.29) is 11.8 Å². The van der Waals surface area contributed by atoms with E-state index in [0.29, 0.717) is 25.6 Å². The Morgan fingerprint density at radius 2 is 1.97 bits per heavy atom. The molecule has 0 unspecified atom stereocenters. The van der Waals surface area contributed by atoms with E-state index in [1.807, 2.05) is 42.5 Å². The summed E-state index contributed by atoms with van der Waals surface area (Å²) < 4.78 is 15.1. The molecule has 2 fully saturated rings. The average molecular weight is 423 g/mol. The Morgan fingerprint density at radius 3 is 2.68 bits per heavy atom. The van der Waals surface area contributed by atoms with Crippen LogP contribution in [0.15, 0.2) is 30.6 Å². The van der Waals surface area contributed by atoms with Gasteiger partial charge in [0.1, 0.15) is 6.17 Å². The van der Waals surface area contributed by atoms with Gasteiger partial charge in [-0.1, -0.05) is 31.4 Å². The Morgan fingerprint density at radius 1 is 1.16 bits per heavy atom. The number of anilines is 1. The van der Waals surface area contributed by atoms with E-state index in [9.17, 15) is 9.18 Å². The molecule has 3 aromatic rings. The summed E-state index contributed by atoms with van der Waals surface area (Å²) in [5.74, 6) is 0.362.